The average molecular weight is 526 g/mol. The molecule has 0 aliphatic heterocycles. The summed E-state index contributed by atoms with van der Waals surface area (Å²) in [7, 11) is 3.90. The molecule has 0 spiro atoms. The zero-order chi connectivity index (χ0) is 27.6. The second kappa shape index (κ2) is 10.7. The van der Waals surface area contributed by atoms with Gasteiger partial charge in [-0.1, -0.05) is 59.8 Å². The summed E-state index contributed by atoms with van der Waals surface area (Å²) < 4.78 is 5.66. The van der Waals surface area contributed by atoms with Gasteiger partial charge in [-0.2, -0.15) is 0 Å². The Hall–Kier alpha value is -4.50. The fourth-order valence-corrected chi connectivity index (χ4v) is 4.50. The van der Waals surface area contributed by atoms with Crippen LogP contribution in [0.15, 0.2) is 71.3 Å². The van der Waals surface area contributed by atoms with Crippen LogP contribution in [0.25, 0.3) is 22.5 Å². The second-order valence-electron chi connectivity index (χ2n) is 10.1. The van der Waals surface area contributed by atoms with Crippen LogP contribution in [0.4, 0.5) is 11.5 Å². The number of carboxylic acid groups (broad SMARTS) is 1. The van der Waals surface area contributed by atoms with Crippen molar-refractivity contribution < 1.29 is 19.2 Å². The Morgan fingerprint density at radius 2 is 1.62 bits per heavy atom. The van der Waals surface area contributed by atoms with Crippen LogP contribution in [-0.2, 0) is 10.2 Å². The van der Waals surface area contributed by atoms with Gasteiger partial charge in [0.05, 0.1) is 5.41 Å². The Balaban J connectivity index is 1.31. The molecular formula is C30H31N5O4. The maximum atomic E-state index is 12.5. The van der Waals surface area contributed by atoms with E-state index in [9.17, 15) is 14.7 Å². The lowest BCUT2D eigenvalue weighted by atomic mass is 9.93. The molecule has 1 saturated carbocycles. The monoisotopic (exact) mass is 525 g/mol. The number of amides is 1. The highest BCUT2D eigenvalue weighted by molar-refractivity contribution is 5.93. The number of aryl methyl sites for hydroxylation is 1. The summed E-state index contributed by atoms with van der Waals surface area (Å²) in [5.41, 5.74) is 4.65. The molecule has 0 unspecified atom stereocenters. The fourth-order valence-electron chi connectivity index (χ4n) is 4.50. The minimum Gasteiger partial charge on any atom is -0.481 e. The number of nitrogens with one attached hydrogen (secondary N) is 2. The molecule has 200 valence electrons. The van der Waals surface area contributed by atoms with Crippen molar-refractivity contribution in [1.29, 1.82) is 0 Å². The Bertz CT molecular complexity index is 1490. The SMILES string of the molecule is Cc1noc(-c2ccc(-c3ccc(C4(C(=O)O)CC4)cc3)cc2)c1Nc1cccc(C(=O)NCCN(C)C)n1. The van der Waals surface area contributed by atoms with Crippen molar-refractivity contribution in [1.82, 2.24) is 20.4 Å². The van der Waals surface area contributed by atoms with E-state index < -0.39 is 11.4 Å². The van der Waals surface area contributed by atoms with Gasteiger partial charge >= 0.3 is 5.97 Å². The van der Waals surface area contributed by atoms with Crippen LogP contribution in [0.2, 0.25) is 0 Å². The second-order valence-corrected chi connectivity index (χ2v) is 10.1. The number of pyridine rings is 1. The number of carbonyl (C=O) groups excluding carboxylic acids is 1. The van der Waals surface area contributed by atoms with Gasteiger partial charge in [-0.25, -0.2) is 4.98 Å². The zero-order valence-corrected chi connectivity index (χ0v) is 22.2. The van der Waals surface area contributed by atoms with Crippen molar-refractivity contribution >= 4 is 23.4 Å². The van der Waals surface area contributed by atoms with E-state index in [-0.39, 0.29) is 5.91 Å². The van der Waals surface area contributed by atoms with Gasteiger partial charge in [0.25, 0.3) is 5.91 Å². The van der Waals surface area contributed by atoms with E-state index in [1.54, 1.807) is 18.2 Å². The lowest BCUT2D eigenvalue weighted by Gasteiger charge is -2.12. The largest absolute Gasteiger partial charge is 0.481 e. The van der Waals surface area contributed by atoms with Gasteiger partial charge in [-0.05, 0) is 62.7 Å². The number of likely N-dealkylation sites (N-methyl/N-ethyl adjacent to an activating group) is 1. The summed E-state index contributed by atoms with van der Waals surface area (Å²) >= 11 is 0. The van der Waals surface area contributed by atoms with Gasteiger partial charge in [0.2, 0.25) is 0 Å². The number of carboxylic acids is 1. The van der Waals surface area contributed by atoms with Crippen LogP contribution in [0.1, 0.15) is 34.6 Å². The molecule has 1 aliphatic rings. The van der Waals surface area contributed by atoms with E-state index >= 15 is 0 Å². The molecule has 3 N–H and O–H groups in total. The van der Waals surface area contributed by atoms with Crippen molar-refractivity contribution in [3.05, 3.63) is 83.7 Å². The van der Waals surface area contributed by atoms with Gasteiger partial charge in [-0.15, -0.1) is 0 Å². The van der Waals surface area contributed by atoms with E-state index in [2.05, 4.69) is 20.8 Å². The summed E-state index contributed by atoms with van der Waals surface area (Å²) in [6.45, 7) is 3.11. The number of aromatic nitrogens is 2. The van der Waals surface area contributed by atoms with Crippen LogP contribution in [0.3, 0.4) is 0 Å². The average Bonchev–Trinajstić information content (AvgIpc) is 3.68. The normalized spacial score (nSPS) is 13.7. The summed E-state index contributed by atoms with van der Waals surface area (Å²) in [5, 5.41) is 19.8. The van der Waals surface area contributed by atoms with E-state index in [4.69, 9.17) is 4.52 Å². The number of nitrogens with zero attached hydrogens (tertiary/aromatic N) is 3. The first-order valence-corrected chi connectivity index (χ1v) is 12.8. The lowest BCUT2D eigenvalue weighted by Crippen LogP contribution is -2.31. The molecule has 39 heavy (non-hydrogen) atoms. The molecule has 0 radical (unpaired) electrons. The van der Waals surface area contributed by atoms with Crippen LogP contribution in [0, 0.1) is 6.92 Å². The predicted molar refractivity (Wildman–Crippen MR) is 149 cm³/mol. The van der Waals surface area contributed by atoms with E-state index in [1.807, 2.05) is 74.4 Å². The summed E-state index contributed by atoms with van der Waals surface area (Å²) in [4.78, 5) is 30.6. The van der Waals surface area contributed by atoms with Crippen LogP contribution in [0.5, 0.6) is 0 Å². The van der Waals surface area contributed by atoms with Crippen molar-refractivity contribution in [3.8, 4) is 22.5 Å². The van der Waals surface area contributed by atoms with E-state index in [0.29, 0.717) is 48.0 Å². The van der Waals surface area contributed by atoms with Crippen LogP contribution < -0.4 is 10.6 Å². The number of benzene rings is 2. The van der Waals surface area contributed by atoms with Gasteiger partial charge in [0, 0.05) is 18.7 Å². The van der Waals surface area contributed by atoms with E-state index in [1.165, 1.54) is 0 Å². The number of carbonyl (C=O) groups is 2. The van der Waals surface area contributed by atoms with Crippen molar-refractivity contribution in [3.63, 3.8) is 0 Å². The first-order valence-electron chi connectivity index (χ1n) is 12.8. The molecule has 2 aromatic heterocycles. The summed E-state index contributed by atoms with van der Waals surface area (Å²) in [6, 6.07) is 20.9. The van der Waals surface area contributed by atoms with Crippen LogP contribution in [-0.4, -0.2) is 59.2 Å². The highest BCUT2D eigenvalue weighted by Gasteiger charge is 2.51. The molecule has 0 saturated heterocycles. The molecule has 2 aromatic carbocycles. The molecule has 4 aromatic rings. The molecule has 0 bridgehead atoms. The number of anilines is 2. The maximum absolute atomic E-state index is 12.5. The smallest absolute Gasteiger partial charge is 0.314 e. The fraction of sp³-hybridized carbons (Fsp3) is 0.267. The number of rotatable bonds is 10. The van der Waals surface area contributed by atoms with Gasteiger partial charge < -0.3 is 25.2 Å². The van der Waals surface area contributed by atoms with Gasteiger partial charge in [0.1, 0.15) is 22.9 Å². The maximum Gasteiger partial charge on any atom is 0.314 e. The lowest BCUT2D eigenvalue weighted by molar-refractivity contribution is -0.140. The number of hydrogen-bond donors (Lipinski definition) is 3. The summed E-state index contributed by atoms with van der Waals surface area (Å²) in [6.07, 6.45) is 1.38. The van der Waals surface area contributed by atoms with E-state index in [0.717, 1.165) is 28.8 Å². The highest BCUT2D eigenvalue weighted by Crippen LogP contribution is 2.48. The number of aliphatic carboxylic acids is 1. The molecule has 2 heterocycles. The molecule has 0 atom stereocenters. The third-order valence-corrected chi connectivity index (χ3v) is 7.02. The Morgan fingerprint density at radius 1 is 0.974 bits per heavy atom. The molecule has 1 amide bonds. The Labute approximate surface area is 226 Å². The summed E-state index contributed by atoms with van der Waals surface area (Å²) in [5.74, 6) is 0.0849. The zero-order valence-electron chi connectivity index (χ0n) is 22.2. The van der Waals surface area contributed by atoms with Gasteiger partial charge in [0.15, 0.2) is 5.76 Å². The highest BCUT2D eigenvalue weighted by atomic mass is 16.5. The number of hydrogen-bond acceptors (Lipinski definition) is 7. The topological polar surface area (TPSA) is 121 Å². The molecule has 1 fully saturated rings. The van der Waals surface area contributed by atoms with Gasteiger partial charge in [-0.3, -0.25) is 9.59 Å². The van der Waals surface area contributed by atoms with Crippen molar-refractivity contribution in [2.24, 2.45) is 0 Å². The van der Waals surface area contributed by atoms with Crippen LogP contribution >= 0.6 is 0 Å². The Morgan fingerprint density at radius 3 is 2.23 bits per heavy atom. The first kappa shape index (κ1) is 26.1. The molecule has 5 rings (SSSR count). The van der Waals surface area contributed by atoms with Crippen molar-refractivity contribution in [2.45, 2.75) is 25.2 Å². The third kappa shape index (κ3) is 5.53. The first-order chi connectivity index (χ1) is 18.8. The predicted octanol–water partition coefficient (Wildman–Crippen LogP) is 4.86. The Kier molecular flexibility index (Phi) is 7.17. The van der Waals surface area contributed by atoms with Crippen molar-refractivity contribution in [2.75, 3.05) is 32.5 Å². The molecular weight excluding hydrogens is 494 g/mol. The standard InChI is InChI=1S/C30H31N5O4/c1-19-26(33-25-6-4-5-24(32-25)28(36)31-17-18-35(2)3)27(39-34-19)22-9-7-20(8-10-22)21-11-13-23(14-12-21)30(15-16-30)29(37)38/h4-14H,15-18H2,1-3H3,(H,31,36)(H,32,33)(H,37,38). The third-order valence-electron chi connectivity index (χ3n) is 7.02. The minimum absolute atomic E-state index is 0.235. The minimum atomic E-state index is -0.753. The molecule has 1 aliphatic carbocycles. The molecule has 9 heteroatoms. The molecule has 9 nitrogen and oxygen atoms in total. The quantitative estimate of drug-likeness (QED) is 0.268.